The van der Waals surface area contributed by atoms with Crippen LogP contribution in [-0.2, 0) is 23.0 Å². The summed E-state index contributed by atoms with van der Waals surface area (Å²) < 4.78 is 11.8. The number of nitrogens with zero attached hydrogens (tertiary/aromatic N) is 2. The van der Waals surface area contributed by atoms with Gasteiger partial charge in [0.25, 0.3) is 5.91 Å². The summed E-state index contributed by atoms with van der Waals surface area (Å²) >= 11 is 0. The zero-order valence-corrected chi connectivity index (χ0v) is 14.7. The Morgan fingerprint density at radius 1 is 1.28 bits per heavy atom. The monoisotopic (exact) mass is 345 g/mol. The van der Waals surface area contributed by atoms with Crippen LogP contribution in [0.1, 0.15) is 22.8 Å². The van der Waals surface area contributed by atoms with Crippen LogP contribution >= 0.6 is 0 Å². The molecule has 0 fully saturated rings. The first-order valence-electron chi connectivity index (χ1n) is 8.10. The van der Waals surface area contributed by atoms with E-state index in [0.29, 0.717) is 18.6 Å². The van der Waals surface area contributed by atoms with E-state index < -0.39 is 5.92 Å². The lowest BCUT2D eigenvalue weighted by Crippen LogP contribution is -2.34. The van der Waals surface area contributed by atoms with Crippen LogP contribution in [0.4, 0.5) is 0 Å². The van der Waals surface area contributed by atoms with Crippen LogP contribution in [0.25, 0.3) is 0 Å². The predicted octanol–water partition coefficient (Wildman–Crippen LogP) is 1.58. The van der Waals surface area contributed by atoms with E-state index in [1.807, 2.05) is 31.2 Å². The smallest absolute Gasteiger partial charge is 0.310 e. The van der Waals surface area contributed by atoms with Crippen molar-refractivity contribution in [3.63, 3.8) is 0 Å². The minimum absolute atomic E-state index is 0.188. The molecule has 0 spiro atoms. The lowest BCUT2D eigenvalue weighted by atomic mass is 9.99. The quantitative estimate of drug-likeness (QED) is 0.735. The highest BCUT2D eigenvalue weighted by Crippen LogP contribution is 2.16. The lowest BCUT2D eigenvalue weighted by Gasteiger charge is -2.15. The maximum Gasteiger partial charge on any atom is 0.310 e. The number of aromatic nitrogens is 2. The number of amides is 1. The molecule has 7 heteroatoms. The van der Waals surface area contributed by atoms with E-state index in [9.17, 15) is 9.59 Å². The molecule has 1 heterocycles. The molecule has 0 aliphatic rings. The molecular formula is C18H23N3O4. The van der Waals surface area contributed by atoms with Gasteiger partial charge in [0.15, 0.2) is 0 Å². The molecule has 0 saturated heterocycles. The van der Waals surface area contributed by atoms with Crippen LogP contribution in [0.5, 0.6) is 5.75 Å². The van der Waals surface area contributed by atoms with Crippen molar-refractivity contribution in [2.75, 3.05) is 20.3 Å². The number of hydrogen-bond acceptors (Lipinski definition) is 5. The number of nitrogens with one attached hydrogen (secondary N) is 1. The highest BCUT2D eigenvalue weighted by atomic mass is 16.5. The largest absolute Gasteiger partial charge is 0.494 e. The Kier molecular flexibility index (Phi) is 6.56. The number of methoxy groups -OCH3 is 1. The average molecular weight is 345 g/mol. The Labute approximate surface area is 146 Å². The van der Waals surface area contributed by atoms with Crippen molar-refractivity contribution in [1.82, 2.24) is 15.1 Å². The second kappa shape index (κ2) is 8.86. The lowest BCUT2D eigenvalue weighted by molar-refractivity contribution is -0.145. The molecule has 7 nitrogen and oxygen atoms in total. The fourth-order valence-corrected chi connectivity index (χ4v) is 2.43. The standard InChI is InChI=1S/C18H23N3O4/c1-4-25-16-7-5-13(6-8-16)9-14(18(23)24-3)10-19-17(22)15-11-20-21(2)12-15/h5-8,11-12,14H,4,9-10H2,1-3H3,(H,19,22)/t14-/m1/s1. The van der Waals surface area contributed by atoms with Gasteiger partial charge in [-0.1, -0.05) is 12.1 Å². The molecule has 0 radical (unpaired) electrons. The number of benzene rings is 1. The molecule has 1 atom stereocenters. The van der Waals surface area contributed by atoms with Gasteiger partial charge < -0.3 is 14.8 Å². The third kappa shape index (κ3) is 5.34. The van der Waals surface area contributed by atoms with Gasteiger partial charge in [0.1, 0.15) is 5.75 Å². The maximum atomic E-state index is 12.1. The fraction of sp³-hybridized carbons (Fsp3) is 0.389. The molecule has 1 N–H and O–H groups in total. The summed E-state index contributed by atoms with van der Waals surface area (Å²) in [6.45, 7) is 2.71. The molecule has 25 heavy (non-hydrogen) atoms. The number of rotatable bonds is 8. The zero-order chi connectivity index (χ0) is 18.2. The second-order valence-electron chi connectivity index (χ2n) is 5.61. The Balaban J connectivity index is 1.98. The van der Waals surface area contributed by atoms with E-state index in [0.717, 1.165) is 11.3 Å². The molecule has 0 saturated carbocycles. The Hall–Kier alpha value is -2.83. The molecule has 2 rings (SSSR count). The van der Waals surface area contributed by atoms with Gasteiger partial charge in [-0.3, -0.25) is 14.3 Å². The number of carbonyl (C=O) groups is 2. The SMILES string of the molecule is CCOc1ccc(C[C@H](CNC(=O)c2cnn(C)c2)C(=O)OC)cc1. The molecule has 134 valence electrons. The molecule has 0 bridgehead atoms. The molecule has 1 amide bonds. The van der Waals surface area contributed by atoms with Gasteiger partial charge in [-0.25, -0.2) is 0 Å². The Morgan fingerprint density at radius 3 is 2.56 bits per heavy atom. The van der Waals surface area contributed by atoms with Crippen LogP contribution in [0, 0.1) is 5.92 Å². The van der Waals surface area contributed by atoms with Gasteiger partial charge in [0, 0.05) is 19.8 Å². The summed E-state index contributed by atoms with van der Waals surface area (Å²) in [4.78, 5) is 24.1. The highest BCUT2D eigenvalue weighted by molar-refractivity contribution is 5.93. The Morgan fingerprint density at radius 2 is 2.00 bits per heavy atom. The first kappa shape index (κ1) is 18.5. The molecular weight excluding hydrogens is 322 g/mol. The van der Waals surface area contributed by atoms with Crippen LogP contribution in [0.15, 0.2) is 36.7 Å². The van der Waals surface area contributed by atoms with Gasteiger partial charge in [0.05, 0.1) is 31.4 Å². The third-order valence-corrected chi connectivity index (χ3v) is 3.73. The maximum absolute atomic E-state index is 12.1. The highest BCUT2D eigenvalue weighted by Gasteiger charge is 2.21. The number of aryl methyl sites for hydroxylation is 1. The van der Waals surface area contributed by atoms with Gasteiger partial charge in [-0.05, 0) is 31.0 Å². The van der Waals surface area contributed by atoms with Gasteiger partial charge in [0.2, 0.25) is 0 Å². The third-order valence-electron chi connectivity index (χ3n) is 3.73. The number of hydrogen-bond donors (Lipinski definition) is 1. The summed E-state index contributed by atoms with van der Waals surface area (Å²) in [5.74, 6) is -0.316. The summed E-state index contributed by atoms with van der Waals surface area (Å²) in [5, 5.41) is 6.72. The molecule has 2 aromatic rings. The van der Waals surface area contributed by atoms with Crippen LogP contribution in [-0.4, -0.2) is 41.9 Å². The number of ether oxygens (including phenoxy) is 2. The van der Waals surface area contributed by atoms with E-state index in [1.54, 1.807) is 17.9 Å². The summed E-state index contributed by atoms with van der Waals surface area (Å²) in [5.41, 5.74) is 1.42. The molecule has 0 unspecified atom stereocenters. The topological polar surface area (TPSA) is 82.5 Å². The fourth-order valence-electron chi connectivity index (χ4n) is 2.43. The van der Waals surface area contributed by atoms with Crippen LogP contribution in [0.2, 0.25) is 0 Å². The van der Waals surface area contributed by atoms with Crippen LogP contribution < -0.4 is 10.1 Å². The first-order valence-corrected chi connectivity index (χ1v) is 8.10. The van der Waals surface area contributed by atoms with E-state index >= 15 is 0 Å². The van der Waals surface area contributed by atoms with Crippen molar-refractivity contribution in [1.29, 1.82) is 0 Å². The van der Waals surface area contributed by atoms with Crippen molar-refractivity contribution >= 4 is 11.9 Å². The minimum Gasteiger partial charge on any atom is -0.494 e. The summed E-state index contributed by atoms with van der Waals surface area (Å²) in [6.07, 6.45) is 3.57. The van der Waals surface area contributed by atoms with Gasteiger partial charge in [-0.2, -0.15) is 5.10 Å². The predicted molar refractivity (Wildman–Crippen MR) is 92.4 cm³/mol. The Bertz CT molecular complexity index is 709. The van der Waals surface area contributed by atoms with Crippen molar-refractivity contribution in [2.45, 2.75) is 13.3 Å². The average Bonchev–Trinajstić information content (AvgIpc) is 3.06. The molecule has 0 aliphatic heterocycles. The number of carbonyl (C=O) groups excluding carboxylic acids is 2. The van der Waals surface area contributed by atoms with Crippen molar-refractivity contribution in [3.05, 3.63) is 47.8 Å². The zero-order valence-electron chi connectivity index (χ0n) is 14.7. The normalized spacial score (nSPS) is 11.6. The van der Waals surface area contributed by atoms with Crippen molar-refractivity contribution < 1.29 is 19.1 Å². The summed E-state index contributed by atoms with van der Waals surface area (Å²) in [7, 11) is 3.08. The van der Waals surface area contributed by atoms with E-state index in [2.05, 4.69) is 10.4 Å². The van der Waals surface area contributed by atoms with E-state index in [1.165, 1.54) is 13.3 Å². The van der Waals surface area contributed by atoms with Gasteiger partial charge in [-0.15, -0.1) is 0 Å². The van der Waals surface area contributed by atoms with Gasteiger partial charge >= 0.3 is 5.97 Å². The van der Waals surface area contributed by atoms with Crippen molar-refractivity contribution in [3.8, 4) is 5.75 Å². The number of esters is 1. The van der Waals surface area contributed by atoms with E-state index in [-0.39, 0.29) is 18.4 Å². The molecule has 0 aliphatic carbocycles. The molecule has 1 aromatic heterocycles. The first-order chi connectivity index (χ1) is 12.0. The van der Waals surface area contributed by atoms with E-state index in [4.69, 9.17) is 9.47 Å². The van der Waals surface area contributed by atoms with Crippen LogP contribution in [0.3, 0.4) is 0 Å². The second-order valence-corrected chi connectivity index (χ2v) is 5.61. The van der Waals surface area contributed by atoms with Crippen molar-refractivity contribution in [2.24, 2.45) is 13.0 Å². The summed E-state index contributed by atoms with van der Waals surface area (Å²) in [6, 6.07) is 7.54. The minimum atomic E-state index is -0.469. The molecule has 1 aromatic carbocycles.